The predicted molar refractivity (Wildman–Crippen MR) is 90.2 cm³/mol. The second-order valence-electron chi connectivity index (χ2n) is 7.09. The van der Waals surface area contributed by atoms with Crippen molar-refractivity contribution in [2.24, 2.45) is 5.92 Å². The van der Waals surface area contributed by atoms with Crippen LogP contribution in [0.1, 0.15) is 66.2 Å². The molecule has 0 aromatic rings. The summed E-state index contributed by atoms with van der Waals surface area (Å²) in [6.07, 6.45) is 15.9. The van der Waals surface area contributed by atoms with E-state index >= 15 is 0 Å². The average molecular weight is 431 g/mol. The molecule has 1 fully saturated rings. The molecule has 0 aliphatic heterocycles. The van der Waals surface area contributed by atoms with Gasteiger partial charge in [0.05, 0.1) is 0 Å². The van der Waals surface area contributed by atoms with Crippen LogP contribution in [0.3, 0.4) is 0 Å². The summed E-state index contributed by atoms with van der Waals surface area (Å²) < 4.78 is 5.78. The molecule has 0 spiro atoms. The molecule has 0 radical (unpaired) electrons. The summed E-state index contributed by atoms with van der Waals surface area (Å²) in [5.74, 6) is 0.705. The monoisotopic (exact) mass is 428 g/mol. The van der Waals surface area contributed by atoms with Crippen LogP contribution in [0.15, 0.2) is 41.5 Å². The van der Waals surface area contributed by atoms with E-state index in [1.54, 1.807) is 16.7 Å². The summed E-state index contributed by atoms with van der Waals surface area (Å²) >= 11 is -1.76. The first-order chi connectivity index (χ1) is 10.1. The van der Waals surface area contributed by atoms with Crippen LogP contribution in [-0.4, -0.2) is 3.21 Å². The number of halogens is 2. The fraction of sp³-hybridized carbons (Fsp3) is 0.550. The Morgan fingerprint density at radius 2 is 1.61 bits per heavy atom. The Morgan fingerprint density at radius 1 is 0.957 bits per heavy atom. The first kappa shape index (κ1) is 21.3. The van der Waals surface area contributed by atoms with Crippen molar-refractivity contribution < 1.29 is 46.1 Å². The van der Waals surface area contributed by atoms with Crippen molar-refractivity contribution >= 4 is 3.21 Å². The summed E-state index contributed by atoms with van der Waals surface area (Å²) in [5, 5.41) is 0. The Hall–Kier alpha value is 0.293. The summed E-state index contributed by atoms with van der Waals surface area (Å²) in [5.41, 5.74) is 4.78. The number of rotatable bonds is 2. The molecule has 1 saturated carbocycles. The molecule has 126 valence electrons. The molecule has 3 aliphatic carbocycles. The Kier molecular flexibility index (Phi) is 8.46. The summed E-state index contributed by atoms with van der Waals surface area (Å²) in [7, 11) is 0. The van der Waals surface area contributed by atoms with Gasteiger partial charge in [0, 0.05) is 0 Å². The maximum absolute atomic E-state index is 2.58. The third-order valence-electron chi connectivity index (χ3n) is 5.44. The van der Waals surface area contributed by atoms with E-state index in [0.717, 1.165) is 0 Å². The minimum atomic E-state index is -1.76. The first-order valence-corrected chi connectivity index (χ1v) is 12.2. The Morgan fingerprint density at radius 3 is 2.09 bits per heavy atom. The zero-order valence-corrected chi connectivity index (χ0v) is 18.8. The average Bonchev–Trinajstić information content (AvgIpc) is 2.97. The van der Waals surface area contributed by atoms with Crippen LogP contribution in [0, 0.1) is 5.92 Å². The molecule has 0 heterocycles. The summed E-state index contributed by atoms with van der Waals surface area (Å²) in [4.78, 5) is 0. The van der Waals surface area contributed by atoms with Gasteiger partial charge in [0.2, 0.25) is 0 Å². The van der Waals surface area contributed by atoms with E-state index in [-0.39, 0.29) is 24.8 Å². The first-order valence-electron chi connectivity index (χ1n) is 8.56. The normalized spacial score (nSPS) is 23.3. The molecule has 0 aromatic carbocycles. The van der Waals surface area contributed by atoms with Gasteiger partial charge < -0.3 is 24.8 Å². The molecule has 3 aliphatic rings. The van der Waals surface area contributed by atoms with Gasteiger partial charge >= 0.3 is 138 Å². The molecule has 0 amide bonds. The molecular formula is C20H28Cl2Zr. The minimum Gasteiger partial charge on any atom is -1.00 e. The third kappa shape index (κ3) is 4.48. The quantitative estimate of drug-likeness (QED) is 0.572. The molecule has 0 saturated heterocycles. The van der Waals surface area contributed by atoms with E-state index in [9.17, 15) is 0 Å². The van der Waals surface area contributed by atoms with Crippen molar-refractivity contribution in [3.8, 4) is 0 Å². The van der Waals surface area contributed by atoms with E-state index in [4.69, 9.17) is 0 Å². The van der Waals surface area contributed by atoms with Gasteiger partial charge in [-0.2, -0.15) is 0 Å². The van der Waals surface area contributed by atoms with Gasteiger partial charge in [0.25, 0.3) is 0 Å². The largest absolute Gasteiger partial charge is 1.00 e. The van der Waals surface area contributed by atoms with E-state index in [0.29, 0.717) is 5.92 Å². The zero-order valence-electron chi connectivity index (χ0n) is 14.8. The molecular weight excluding hydrogens is 402 g/mol. The standard InChI is InChI=1S/2C7H9.C6H10.2ClH.Zr/c1-6-3-4-7(2)5-6;1-6-4-3-5-7(6)2;1-2-4-6-5-3-1;;;/h3-4,6H,1-2H3;4H,5H2,1-2H3;1-5H2;2*1H;/q;;;;;+2/p-2. The van der Waals surface area contributed by atoms with Crippen LogP contribution >= 0.6 is 0 Å². The SMILES string of the molecule is CC1=C(C)C[C]([Zr+2]([C]2=C(C)C=CC2C)=[C]2CCCCC2)=C1.[Cl-].[Cl-]. The van der Waals surface area contributed by atoms with Crippen LogP contribution in [0.5, 0.6) is 0 Å². The zero-order chi connectivity index (χ0) is 15.0. The van der Waals surface area contributed by atoms with Gasteiger partial charge in [-0.1, -0.05) is 0 Å². The number of hydrogen-bond donors (Lipinski definition) is 0. The van der Waals surface area contributed by atoms with Gasteiger partial charge in [0.15, 0.2) is 0 Å². The Balaban J connectivity index is 0.00000132. The molecule has 1 atom stereocenters. The van der Waals surface area contributed by atoms with Crippen molar-refractivity contribution in [1.29, 1.82) is 0 Å². The minimum absolute atomic E-state index is 0. The molecule has 3 heteroatoms. The molecule has 1 unspecified atom stereocenters. The maximum atomic E-state index is 2.58. The van der Waals surface area contributed by atoms with E-state index < -0.39 is 21.3 Å². The number of hydrogen-bond acceptors (Lipinski definition) is 0. The molecule has 0 bridgehead atoms. The van der Waals surface area contributed by atoms with Gasteiger partial charge in [-0.25, -0.2) is 0 Å². The van der Waals surface area contributed by atoms with Crippen molar-refractivity contribution in [3.05, 3.63) is 41.5 Å². The Bertz CT molecular complexity index is 610. The fourth-order valence-electron chi connectivity index (χ4n) is 4.10. The van der Waals surface area contributed by atoms with Crippen molar-refractivity contribution in [3.63, 3.8) is 0 Å². The van der Waals surface area contributed by atoms with Gasteiger partial charge in [-0.05, 0) is 0 Å². The van der Waals surface area contributed by atoms with E-state index in [1.165, 1.54) is 38.5 Å². The topological polar surface area (TPSA) is 0 Å². The van der Waals surface area contributed by atoms with E-state index in [2.05, 4.69) is 45.9 Å². The predicted octanol–water partition coefficient (Wildman–Crippen LogP) is -0.147. The molecule has 23 heavy (non-hydrogen) atoms. The second kappa shape index (κ2) is 9.12. The van der Waals surface area contributed by atoms with Crippen molar-refractivity contribution in [1.82, 2.24) is 0 Å². The van der Waals surface area contributed by atoms with Crippen LogP contribution in [0.2, 0.25) is 0 Å². The van der Waals surface area contributed by atoms with Crippen LogP contribution in [-0.2, 0) is 21.3 Å². The smallest absolute Gasteiger partial charge is 1.00 e. The summed E-state index contributed by atoms with van der Waals surface area (Å²) in [6.45, 7) is 9.44. The van der Waals surface area contributed by atoms with Crippen LogP contribution < -0.4 is 24.8 Å². The van der Waals surface area contributed by atoms with Gasteiger partial charge in [-0.3, -0.25) is 0 Å². The van der Waals surface area contributed by atoms with Crippen molar-refractivity contribution in [2.75, 3.05) is 0 Å². The van der Waals surface area contributed by atoms with Crippen LogP contribution in [0.25, 0.3) is 0 Å². The second-order valence-corrected chi connectivity index (χ2v) is 13.6. The summed E-state index contributed by atoms with van der Waals surface area (Å²) in [6, 6.07) is 0. The van der Waals surface area contributed by atoms with Gasteiger partial charge in [0.1, 0.15) is 0 Å². The van der Waals surface area contributed by atoms with E-state index in [1.807, 2.05) is 9.77 Å². The third-order valence-corrected chi connectivity index (χ3v) is 14.2. The van der Waals surface area contributed by atoms with Crippen LogP contribution in [0.4, 0.5) is 0 Å². The van der Waals surface area contributed by atoms with Gasteiger partial charge in [-0.15, -0.1) is 0 Å². The molecule has 3 rings (SSSR count). The number of allylic oxidation sites excluding steroid dienone is 8. The Labute approximate surface area is 162 Å². The molecule has 0 nitrogen and oxygen atoms in total. The van der Waals surface area contributed by atoms with Crippen molar-refractivity contribution in [2.45, 2.75) is 66.2 Å². The fourth-order valence-corrected chi connectivity index (χ4v) is 13.6. The molecule has 0 aromatic heterocycles. The maximum Gasteiger partial charge on any atom is -1.00 e. The molecule has 0 N–H and O–H groups in total.